The van der Waals surface area contributed by atoms with E-state index in [1.165, 1.54) is 321 Å². The standard InChI is InChI=1S/C67H133NO5/c1-3-5-7-9-11-13-15-17-19-21-24-29-33-37-41-45-49-53-57-61-67(72)73-62-58-54-50-46-42-38-34-30-26-23-22-25-28-32-36-40-44-48-52-56-60-66(71)68-64(63-69)65(70)59-55-51-47-43-39-35-31-27-20-18-16-14-12-10-8-6-4-2/h64-65,69-70H,3-63H2,1-2H3,(H,68,71). The maximum atomic E-state index is 12.5. The van der Waals surface area contributed by atoms with Gasteiger partial charge in [-0.1, -0.05) is 354 Å². The van der Waals surface area contributed by atoms with E-state index in [1.807, 2.05) is 0 Å². The molecule has 0 spiro atoms. The quantitative estimate of drug-likeness (QED) is 0.0417. The van der Waals surface area contributed by atoms with Gasteiger partial charge in [0, 0.05) is 12.8 Å². The predicted molar refractivity (Wildman–Crippen MR) is 320 cm³/mol. The lowest BCUT2D eigenvalue weighted by Crippen LogP contribution is -2.45. The van der Waals surface area contributed by atoms with Crippen molar-refractivity contribution < 1.29 is 24.5 Å². The SMILES string of the molecule is CCCCCCCCCCCCCCCCCCCCCC(=O)OCCCCCCCCCCCCCCCCCCCCCCC(=O)NC(CO)C(O)CCCCCCCCCCCCCCCCCCC. The molecule has 0 aliphatic heterocycles. The first-order chi connectivity index (χ1) is 36.0. The van der Waals surface area contributed by atoms with Crippen molar-refractivity contribution in [3.63, 3.8) is 0 Å². The third-order valence-electron chi connectivity index (χ3n) is 16.2. The van der Waals surface area contributed by atoms with Crippen LogP contribution >= 0.6 is 0 Å². The molecule has 0 saturated carbocycles. The summed E-state index contributed by atoms with van der Waals surface area (Å²) in [4.78, 5) is 24.6. The van der Waals surface area contributed by atoms with Crippen LogP contribution in [0, 0.1) is 0 Å². The van der Waals surface area contributed by atoms with Crippen LogP contribution in [0.2, 0.25) is 0 Å². The molecule has 0 aromatic heterocycles. The zero-order valence-electron chi connectivity index (χ0n) is 49.9. The number of carbonyl (C=O) groups is 2. The molecule has 1 amide bonds. The second-order valence-corrected chi connectivity index (χ2v) is 23.5. The van der Waals surface area contributed by atoms with Gasteiger partial charge < -0.3 is 20.3 Å². The van der Waals surface area contributed by atoms with Crippen LogP contribution in [0.15, 0.2) is 0 Å². The first-order valence-electron chi connectivity index (χ1n) is 33.8. The normalized spacial score (nSPS) is 12.4. The number of aliphatic hydroxyl groups excluding tert-OH is 2. The van der Waals surface area contributed by atoms with Gasteiger partial charge in [-0.25, -0.2) is 0 Å². The number of unbranched alkanes of at least 4 members (excludes halogenated alkanes) is 53. The topological polar surface area (TPSA) is 95.9 Å². The minimum Gasteiger partial charge on any atom is -0.466 e. The summed E-state index contributed by atoms with van der Waals surface area (Å²) in [5.74, 6) is -0.0156. The van der Waals surface area contributed by atoms with Gasteiger partial charge in [-0.2, -0.15) is 0 Å². The Balaban J connectivity index is 3.35. The zero-order chi connectivity index (χ0) is 52.9. The van der Waals surface area contributed by atoms with Crippen molar-refractivity contribution in [3.8, 4) is 0 Å². The molecule has 73 heavy (non-hydrogen) atoms. The number of rotatable bonds is 64. The number of hydrogen-bond acceptors (Lipinski definition) is 5. The summed E-state index contributed by atoms with van der Waals surface area (Å²) in [6.07, 6.45) is 75.6. The molecule has 2 unspecified atom stereocenters. The molecule has 0 aromatic carbocycles. The van der Waals surface area contributed by atoms with E-state index >= 15 is 0 Å². The van der Waals surface area contributed by atoms with Gasteiger partial charge in [-0.05, 0) is 25.7 Å². The third-order valence-corrected chi connectivity index (χ3v) is 16.2. The van der Waals surface area contributed by atoms with Crippen molar-refractivity contribution in [1.29, 1.82) is 0 Å². The molecule has 0 bridgehead atoms. The third kappa shape index (κ3) is 60.0. The number of hydrogen-bond donors (Lipinski definition) is 3. The number of carbonyl (C=O) groups excluding carboxylic acids is 2. The van der Waals surface area contributed by atoms with Gasteiger partial charge in [0.1, 0.15) is 0 Å². The van der Waals surface area contributed by atoms with Gasteiger partial charge in [-0.15, -0.1) is 0 Å². The maximum Gasteiger partial charge on any atom is 0.305 e. The molecule has 0 saturated heterocycles. The summed E-state index contributed by atoms with van der Waals surface area (Å²) < 4.78 is 5.51. The highest BCUT2D eigenvalue weighted by molar-refractivity contribution is 5.76. The van der Waals surface area contributed by atoms with Crippen LogP contribution in [0.4, 0.5) is 0 Å². The molecule has 0 fully saturated rings. The van der Waals surface area contributed by atoms with Crippen molar-refractivity contribution in [2.24, 2.45) is 0 Å². The molecule has 0 radical (unpaired) electrons. The summed E-state index contributed by atoms with van der Waals surface area (Å²) in [5.41, 5.74) is 0. The summed E-state index contributed by atoms with van der Waals surface area (Å²) in [5, 5.41) is 23.4. The first-order valence-corrected chi connectivity index (χ1v) is 33.8. The summed E-state index contributed by atoms with van der Waals surface area (Å²) in [6, 6.07) is -0.542. The maximum absolute atomic E-state index is 12.5. The molecule has 3 N–H and O–H groups in total. The molecule has 436 valence electrons. The number of amides is 1. The van der Waals surface area contributed by atoms with Crippen LogP contribution in [-0.2, 0) is 14.3 Å². The van der Waals surface area contributed by atoms with Gasteiger partial charge in [-0.3, -0.25) is 9.59 Å². The molecular weight excluding hydrogens is 899 g/mol. The molecule has 0 aliphatic carbocycles. The van der Waals surface area contributed by atoms with Crippen molar-refractivity contribution in [1.82, 2.24) is 5.32 Å². The summed E-state index contributed by atoms with van der Waals surface area (Å²) >= 11 is 0. The van der Waals surface area contributed by atoms with Gasteiger partial charge in [0.15, 0.2) is 0 Å². The minimum atomic E-state index is -0.665. The number of aliphatic hydroxyl groups is 2. The number of nitrogens with one attached hydrogen (secondary N) is 1. The van der Waals surface area contributed by atoms with E-state index in [4.69, 9.17) is 4.74 Å². The van der Waals surface area contributed by atoms with Gasteiger partial charge in [0.25, 0.3) is 0 Å². The largest absolute Gasteiger partial charge is 0.466 e. The average Bonchev–Trinajstić information content (AvgIpc) is 3.39. The van der Waals surface area contributed by atoms with Crippen molar-refractivity contribution in [2.45, 2.75) is 405 Å². The second-order valence-electron chi connectivity index (χ2n) is 23.5. The van der Waals surface area contributed by atoms with Crippen molar-refractivity contribution in [2.75, 3.05) is 13.2 Å². The fraction of sp³-hybridized carbons (Fsp3) is 0.970. The van der Waals surface area contributed by atoms with Crippen LogP contribution in [-0.4, -0.2) is 47.4 Å². The molecule has 0 heterocycles. The average molecular weight is 1030 g/mol. The summed E-state index contributed by atoms with van der Waals surface area (Å²) in [6.45, 7) is 5.00. The smallest absolute Gasteiger partial charge is 0.305 e. The Kier molecular flexibility index (Phi) is 62.4. The Morgan fingerprint density at radius 3 is 0.836 bits per heavy atom. The van der Waals surface area contributed by atoms with E-state index in [9.17, 15) is 19.8 Å². The van der Waals surface area contributed by atoms with Crippen LogP contribution in [0.3, 0.4) is 0 Å². The second kappa shape index (κ2) is 63.4. The Morgan fingerprint density at radius 2 is 0.562 bits per heavy atom. The van der Waals surface area contributed by atoms with Crippen molar-refractivity contribution in [3.05, 3.63) is 0 Å². The molecule has 0 rings (SSSR count). The lowest BCUT2D eigenvalue weighted by atomic mass is 10.0. The van der Waals surface area contributed by atoms with E-state index in [0.29, 0.717) is 25.9 Å². The van der Waals surface area contributed by atoms with E-state index in [0.717, 1.165) is 38.5 Å². The molecule has 2 atom stereocenters. The lowest BCUT2D eigenvalue weighted by molar-refractivity contribution is -0.143. The summed E-state index contributed by atoms with van der Waals surface area (Å²) in [7, 11) is 0. The van der Waals surface area contributed by atoms with E-state index in [2.05, 4.69) is 19.2 Å². The molecule has 0 aromatic rings. The van der Waals surface area contributed by atoms with Crippen LogP contribution in [0.5, 0.6) is 0 Å². The van der Waals surface area contributed by atoms with E-state index < -0.39 is 12.1 Å². The van der Waals surface area contributed by atoms with Gasteiger partial charge in [0.2, 0.25) is 5.91 Å². The van der Waals surface area contributed by atoms with Crippen molar-refractivity contribution >= 4 is 11.9 Å². The van der Waals surface area contributed by atoms with E-state index in [-0.39, 0.29) is 18.5 Å². The van der Waals surface area contributed by atoms with Gasteiger partial charge >= 0.3 is 5.97 Å². The Bertz CT molecular complexity index is 1050. The number of esters is 1. The van der Waals surface area contributed by atoms with Gasteiger partial charge in [0.05, 0.1) is 25.4 Å². The van der Waals surface area contributed by atoms with Crippen LogP contribution in [0.1, 0.15) is 393 Å². The lowest BCUT2D eigenvalue weighted by Gasteiger charge is -2.22. The highest BCUT2D eigenvalue weighted by Crippen LogP contribution is 2.19. The monoisotopic (exact) mass is 1030 g/mol. The molecule has 6 heteroatoms. The Hall–Kier alpha value is -1.14. The fourth-order valence-corrected chi connectivity index (χ4v) is 11.0. The molecule has 6 nitrogen and oxygen atoms in total. The van der Waals surface area contributed by atoms with E-state index in [1.54, 1.807) is 0 Å². The molecule has 0 aliphatic rings. The highest BCUT2D eigenvalue weighted by Gasteiger charge is 2.20. The first kappa shape index (κ1) is 71.9. The number of ether oxygens (including phenoxy) is 1. The highest BCUT2D eigenvalue weighted by atomic mass is 16.5. The van der Waals surface area contributed by atoms with Crippen LogP contribution < -0.4 is 5.32 Å². The van der Waals surface area contributed by atoms with Crippen LogP contribution in [0.25, 0.3) is 0 Å². The zero-order valence-corrected chi connectivity index (χ0v) is 49.9. The minimum absolute atomic E-state index is 0.0169. The predicted octanol–water partition coefficient (Wildman–Crippen LogP) is 21.4. The molecular formula is C67H133NO5. The fourth-order valence-electron chi connectivity index (χ4n) is 11.0. The Labute approximate surface area is 457 Å². The Morgan fingerprint density at radius 1 is 0.329 bits per heavy atom.